The smallest absolute Gasteiger partial charge is 0.329 e. The Bertz CT molecular complexity index is 640. The van der Waals surface area contributed by atoms with Crippen LogP contribution in [0.15, 0.2) is 17.8 Å². The standard InChI is InChI=1S/C11H13N7O2S/c12-10-14-7-8(18(19)20)9(15-10)16-2-4-17(5-3-16)11-13-1-6-21-11/h1,6-7H,2-5H2,(H2,12,14,15). The lowest BCUT2D eigenvalue weighted by atomic mass is 10.3. The van der Waals surface area contributed by atoms with E-state index in [1.54, 1.807) is 17.5 Å². The molecule has 3 heterocycles. The second kappa shape index (κ2) is 5.48. The number of aromatic nitrogens is 3. The molecule has 1 aliphatic rings. The van der Waals surface area contributed by atoms with Crippen molar-refractivity contribution in [1.29, 1.82) is 0 Å². The molecular formula is C11H13N7O2S. The molecule has 1 aliphatic heterocycles. The molecule has 0 bridgehead atoms. The maximum absolute atomic E-state index is 11.1. The van der Waals surface area contributed by atoms with Crippen molar-refractivity contribution in [3.63, 3.8) is 0 Å². The number of nitrogens with zero attached hydrogens (tertiary/aromatic N) is 6. The molecule has 0 atom stereocenters. The van der Waals surface area contributed by atoms with Gasteiger partial charge < -0.3 is 15.5 Å². The zero-order valence-electron chi connectivity index (χ0n) is 11.0. The van der Waals surface area contributed by atoms with Crippen molar-refractivity contribution < 1.29 is 4.92 Å². The van der Waals surface area contributed by atoms with Crippen molar-refractivity contribution in [3.8, 4) is 0 Å². The summed E-state index contributed by atoms with van der Waals surface area (Å²) in [6, 6.07) is 0. The Morgan fingerprint density at radius 1 is 1.24 bits per heavy atom. The predicted octanol–water partition coefficient (Wildman–Crippen LogP) is 0.750. The molecule has 0 aromatic carbocycles. The quantitative estimate of drug-likeness (QED) is 0.652. The SMILES string of the molecule is Nc1ncc([N+](=O)[O-])c(N2CCN(c3nccs3)CC2)n1. The highest BCUT2D eigenvalue weighted by molar-refractivity contribution is 7.13. The zero-order valence-corrected chi connectivity index (χ0v) is 11.9. The van der Waals surface area contributed by atoms with Crippen molar-refractivity contribution in [3.05, 3.63) is 27.9 Å². The van der Waals surface area contributed by atoms with Crippen molar-refractivity contribution in [2.24, 2.45) is 0 Å². The van der Waals surface area contributed by atoms with Gasteiger partial charge in [-0.2, -0.15) is 4.98 Å². The summed E-state index contributed by atoms with van der Waals surface area (Å²) in [6.07, 6.45) is 2.92. The molecule has 2 N–H and O–H groups in total. The van der Waals surface area contributed by atoms with E-state index < -0.39 is 4.92 Å². The largest absolute Gasteiger partial charge is 0.368 e. The number of piperazine rings is 1. The topological polar surface area (TPSA) is 114 Å². The average molecular weight is 307 g/mol. The summed E-state index contributed by atoms with van der Waals surface area (Å²) >= 11 is 1.58. The number of rotatable bonds is 3. The lowest BCUT2D eigenvalue weighted by molar-refractivity contribution is -0.384. The number of hydrogen-bond donors (Lipinski definition) is 1. The Labute approximate surface area is 124 Å². The Morgan fingerprint density at radius 2 is 1.95 bits per heavy atom. The van der Waals surface area contributed by atoms with E-state index in [0.717, 1.165) is 24.4 Å². The fraction of sp³-hybridized carbons (Fsp3) is 0.364. The first-order chi connectivity index (χ1) is 10.1. The molecule has 2 aromatic heterocycles. The van der Waals surface area contributed by atoms with Gasteiger partial charge in [0.15, 0.2) is 5.13 Å². The number of nitro groups is 1. The van der Waals surface area contributed by atoms with Crippen LogP contribution < -0.4 is 15.5 Å². The predicted molar refractivity (Wildman–Crippen MR) is 79.6 cm³/mol. The van der Waals surface area contributed by atoms with E-state index in [-0.39, 0.29) is 17.5 Å². The van der Waals surface area contributed by atoms with Gasteiger partial charge in [-0.15, -0.1) is 11.3 Å². The van der Waals surface area contributed by atoms with Crippen molar-refractivity contribution >= 4 is 33.9 Å². The molecule has 0 unspecified atom stereocenters. The molecule has 0 radical (unpaired) electrons. The first kappa shape index (κ1) is 13.5. The van der Waals surface area contributed by atoms with Crippen molar-refractivity contribution in [2.45, 2.75) is 0 Å². The van der Waals surface area contributed by atoms with Crippen LogP contribution in [0.25, 0.3) is 0 Å². The van der Waals surface area contributed by atoms with E-state index in [4.69, 9.17) is 5.73 Å². The minimum absolute atomic E-state index is 0.0398. The van der Waals surface area contributed by atoms with Crippen LogP contribution in [0.1, 0.15) is 0 Å². The van der Waals surface area contributed by atoms with Crippen LogP contribution in [0.2, 0.25) is 0 Å². The number of thiazole rings is 1. The molecule has 1 fully saturated rings. The Kier molecular flexibility index (Phi) is 3.52. The maximum atomic E-state index is 11.1. The Hall–Kier alpha value is -2.49. The summed E-state index contributed by atoms with van der Waals surface area (Å²) in [5.74, 6) is 0.323. The van der Waals surface area contributed by atoms with E-state index >= 15 is 0 Å². The maximum Gasteiger partial charge on any atom is 0.329 e. The third kappa shape index (κ3) is 2.70. The first-order valence-corrected chi connectivity index (χ1v) is 7.19. The van der Waals surface area contributed by atoms with E-state index in [2.05, 4.69) is 19.9 Å². The van der Waals surface area contributed by atoms with E-state index in [0.29, 0.717) is 13.1 Å². The first-order valence-electron chi connectivity index (χ1n) is 6.31. The van der Waals surface area contributed by atoms with Crippen molar-refractivity contribution in [2.75, 3.05) is 41.7 Å². The monoisotopic (exact) mass is 307 g/mol. The van der Waals surface area contributed by atoms with Gasteiger partial charge in [-0.25, -0.2) is 9.97 Å². The summed E-state index contributed by atoms with van der Waals surface area (Å²) in [6.45, 7) is 2.71. The summed E-state index contributed by atoms with van der Waals surface area (Å²) in [7, 11) is 0. The van der Waals surface area contributed by atoms with Crippen LogP contribution in [-0.4, -0.2) is 46.1 Å². The minimum atomic E-state index is -0.484. The molecule has 10 heteroatoms. The summed E-state index contributed by atoms with van der Waals surface area (Å²) in [5.41, 5.74) is 5.43. The normalized spacial score (nSPS) is 15.2. The van der Waals surface area contributed by atoms with Crippen LogP contribution in [-0.2, 0) is 0 Å². The third-order valence-electron chi connectivity index (χ3n) is 3.23. The molecular weight excluding hydrogens is 294 g/mol. The van der Waals surface area contributed by atoms with Crippen molar-refractivity contribution in [1.82, 2.24) is 15.0 Å². The molecule has 110 valence electrons. The fourth-order valence-corrected chi connectivity index (χ4v) is 2.92. The highest BCUT2D eigenvalue weighted by atomic mass is 32.1. The molecule has 1 saturated heterocycles. The number of anilines is 3. The van der Waals surface area contributed by atoms with Gasteiger partial charge in [-0.3, -0.25) is 10.1 Å². The highest BCUT2D eigenvalue weighted by Gasteiger charge is 2.26. The van der Waals surface area contributed by atoms with Gasteiger partial charge in [-0.1, -0.05) is 0 Å². The van der Waals surface area contributed by atoms with Crippen LogP contribution in [0.4, 0.5) is 22.6 Å². The second-order valence-corrected chi connectivity index (χ2v) is 5.36. The minimum Gasteiger partial charge on any atom is -0.368 e. The average Bonchev–Trinajstić information content (AvgIpc) is 3.01. The Morgan fingerprint density at radius 3 is 2.57 bits per heavy atom. The fourth-order valence-electron chi connectivity index (χ4n) is 2.22. The highest BCUT2D eigenvalue weighted by Crippen LogP contribution is 2.27. The van der Waals surface area contributed by atoms with E-state index in [1.165, 1.54) is 0 Å². The summed E-state index contributed by atoms with van der Waals surface area (Å²) in [5, 5.41) is 14.0. The van der Waals surface area contributed by atoms with Crippen LogP contribution >= 0.6 is 11.3 Å². The lowest BCUT2D eigenvalue weighted by Crippen LogP contribution is -2.47. The van der Waals surface area contributed by atoms with Gasteiger partial charge in [0.1, 0.15) is 6.20 Å². The van der Waals surface area contributed by atoms with Gasteiger partial charge >= 0.3 is 5.69 Å². The van der Waals surface area contributed by atoms with Gasteiger partial charge in [0.2, 0.25) is 11.8 Å². The van der Waals surface area contributed by atoms with E-state index in [9.17, 15) is 10.1 Å². The number of nitrogens with two attached hydrogens (primary N) is 1. The molecule has 0 amide bonds. The van der Waals surface area contributed by atoms with Crippen LogP contribution in [0.5, 0.6) is 0 Å². The zero-order chi connectivity index (χ0) is 14.8. The van der Waals surface area contributed by atoms with Gasteiger partial charge in [0, 0.05) is 37.8 Å². The summed E-state index contributed by atoms with van der Waals surface area (Å²) < 4.78 is 0. The molecule has 21 heavy (non-hydrogen) atoms. The van der Waals surface area contributed by atoms with Crippen LogP contribution in [0.3, 0.4) is 0 Å². The molecule has 0 aliphatic carbocycles. The van der Waals surface area contributed by atoms with Gasteiger partial charge in [-0.05, 0) is 0 Å². The Balaban J connectivity index is 1.78. The number of nitrogen functional groups attached to an aromatic ring is 1. The molecule has 0 saturated carbocycles. The lowest BCUT2D eigenvalue weighted by Gasteiger charge is -2.34. The van der Waals surface area contributed by atoms with Gasteiger partial charge in [0.05, 0.1) is 4.92 Å². The second-order valence-electron chi connectivity index (χ2n) is 4.48. The molecule has 9 nitrogen and oxygen atoms in total. The molecule has 3 rings (SSSR count). The van der Waals surface area contributed by atoms with Crippen LogP contribution in [0, 0.1) is 10.1 Å². The molecule has 0 spiro atoms. The van der Waals surface area contributed by atoms with E-state index in [1.807, 2.05) is 10.3 Å². The molecule has 2 aromatic rings. The summed E-state index contributed by atoms with van der Waals surface area (Å²) in [4.78, 5) is 26.6. The third-order valence-corrected chi connectivity index (χ3v) is 4.07. The van der Waals surface area contributed by atoms with Gasteiger partial charge in [0.25, 0.3) is 0 Å². The number of hydrogen-bond acceptors (Lipinski definition) is 9.